The number of nitrogens with zero attached hydrogens (tertiary/aromatic N) is 2. The van der Waals surface area contributed by atoms with E-state index in [9.17, 15) is 14.3 Å². The molecule has 2 rings (SSSR count). The Morgan fingerprint density at radius 1 is 1.43 bits per heavy atom. The third-order valence-electron chi connectivity index (χ3n) is 3.18. The van der Waals surface area contributed by atoms with Gasteiger partial charge in [-0.05, 0) is 30.5 Å². The molecule has 0 radical (unpaired) electrons. The Morgan fingerprint density at radius 2 is 2.19 bits per heavy atom. The van der Waals surface area contributed by atoms with Crippen LogP contribution in [0.4, 0.5) is 4.39 Å². The second-order valence-corrected chi connectivity index (χ2v) is 5.51. The first-order valence-electron chi connectivity index (χ1n) is 6.49. The van der Waals surface area contributed by atoms with Gasteiger partial charge in [0.1, 0.15) is 12.2 Å². The van der Waals surface area contributed by atoms with E-state index in [1.165, 1.54) is 6.33 Å². The molecule has 0 saturated heterocycles. The van der Waals surface area contributed by atoms with E-state index in [1.807, 2.05) is 18.2 Å². The van der Waals surface area contributed by atoms with Crippen molar-refractivity contribution in [3.8, 4) is 0 Å². The first-order chi connectivity index (χ1) is 10.0. The van der Waals surface area contributed by atoms with Gasteiger partial charge in [0.05, 0.1) is 11.4 Å². The van der Waals surface area contributed by atoms with Gasteiger partial charge in [0, 0.05) is 4.47 Å². The first-order valence-corrected chi connectivity index (χ1v) is 7.28. The minimum Gasteiger partial charge on any atom is -0.481 e. The molecule has 6 heteroatoms. The molecule has 0 spiro atoms. The van der Waals surface area contributed by atoms with Gasteiger partial charge in [0.25, 0.3) is 0 Å². The molecular formula is C15H14BrFN2O2. The molecule has 0 aliphatic heterocycles. The molecular weight excluding hydrogens is 339 g/mol. The molecule has 1 aromatic carbocycles. The van der Waals surface area contributed by atoms with Crippen LogP contribution < -0.4 is 0 Å². The maximum Gasteiger partial charge on any atom is 0.313 e. The van der Waals surface area contributed by atoms with E-state index in [1.54, 1.807) is 13.0 Å². The van der Waals surface area contributed by atoms with E-state index < -0.39 is 17.7 Å². The van der Waals surface area contributed by atoms with Gasteiger partial charge in [0.2, 0.25) is 0 Å². The second-order valence-electron chi connectivity index (χ2n) is 4.60. The smallest absolute Gasteiger partial charge is 0.313 e. The molecule has 0 fully saturated rings. The third-order valence-corrected chi connectivity index (χ3v) is 3.67. The fourth-order valence-electron chi connectivity index (χ4n) is 2.11. The Labute approximate surface area is 130 Å². The van der Waals surface area contributed by atoms with Crippen LogP contribution in [0.25, 0.3) is 0 Å². The Balaban J connectivity index is 2.38. The van der Waals surface area contributed by atoms with E-state index in [0.717, 1.165) is 10.0 Å². The number of aliphatic carboxylic acids is 1. The Hall–Kier alpha value is -1.82. The predicted octanol–water partition coefficient (Wildman–Crippen LogP) is 3.35. The monoisotopic (exact) mass is 352 g/mol. The van der Waals surface area contributed by atoms with Gasteiger partial charge in [-0.15, -0.1) is 0 Å². The van der Waals surface area contributed by atoms with Gasteiger partial charge in [-0.3, -0.25) is 4.79 Å². The summed E-state index contributed by atoms with van der Waals surface area (Å²) >= 11 is 3.34. The van der Waals surface area contributed by atoms with Crippen molar-refractivity contribution >= 4 is 21.9 Å². The number of carbonyl (C=O) groups is 1. The summed E-state index contributed by atoms with van der Waals surface area (Å²) in [5.74, 6) is -2.76. The number of rotatable bonds is 5. The molecule has 110 valence electrons. The third kappa shape index (κ3) is 3.64. The molecule has 0 saturated carbocycles. The van der Waals surface area contributed by atoms with Gasteiger partial charge in [-0.1, -0.05) is 35.0 Å². The zero-order valence-electron chi connectivity index (χ0n) is 11.4. The minimum absolute atomic E-state index is 0.0608. The molecule has 0 aliphatic carbocycles. The summed E-state index contributed by atoms with van der Waals surface area (Å²) < 4.78 is 15.1. The SMILES string of the molecule is CCc1ncnc(C(Cc2cccc(Br)c2)C(=O)O)c1F. The van der Waals surface area contributed by atoms with E-state index >= 15 is 0 Å². The van der Waals surface area contributed by atoms with Crippen LogP contribution in [0.3, 0.4) is 0 Å². The number of hydrogen-bond acceptors (Lipinski definition) is 3. The van der Waals surface area contributed by atoms with E-state index in [2.05, 4.69) is 25.9 Å². The number of halogens is 2. The van der Waals surface area contributed by atoms with Crippen LogP contribution in [0.2, 0.25) is 0 Å². The number of aryl methyl sites for hydroxylation is 1. The zero-order chi connectivity index (χ0) is 15.4. The molecule has 21 heavy (non-hydrogen) atoms. The minimum atomic E-state index is -1.10. The summed E-state index contributed by atoms with van der Waals surface area (Å²) in [7, 11) is 0. The normalized spacial score (nSPS) is 12.1. The molecule has 1 atom stereocenters. The molecule has 1 unspecified atom stereocenters. The van der Waals surface area contributed by atoms with Gasteiger partial charge in [0.15, 0.2) is 5.82 Å². The van der Waals surface area contributed by atoms with Gasteiger partial charge in [-0.25, -0.2) is 14.4 Å². The first kappa shape index (κ1) is 15.6. The molecule has 1 aromatic heterocycles. The molecule has 0 amide bonds. The maximum absolute atomic E-state index is 14.3. The number of benzene rings is 1. The van der Waals surface area contributed by atoms with Crippen molar-refractivity contribution in [1.82, 2.24) is 9.97 Å². The summed E-state index contributed by atoms with van der Waals surface area (Å²) in [4.78, 5) is 19.2. The number of carboxylic acid groups (broad SMARTS) is 1. The summed E-state index contributed by atoms with van der Waals surface area (Å²) in [6.45, 7) is 1.76. The lowest BCUT2D eigenvalue weighted by molar-refractivity contribution is -0.138. The average molecular weight is 353 g/mol. The highest BCUT2D eigenvalue weighted by Crippen LogP contribution is 2.24. The second kappa shape index (κ2) is 6.76. The van der Waals surface area contributed by atoms with Gasteiger partial charge < -0.3 is 5.11 Å². The largest absolute Gasteiger partial charge is 0.481 e. The van der Waals surface area contributed by atoms with Crippen molar-refractivity contribution in [2.75, 3.05) is 0 Å². The summed E-state index contributed by atoms with van der Waals surface area (Å²) in [6, 6.07) is 7.28. The van der Waals surface area contributed by atoms with Gasteiger partial charge >= 0.3 is 5.97 Å². The topological polar surface area (TPSA) is 63.1 Å². The molecule has 1 heterocycles. The Kier molecular flexibility index (Phi) is 5.01. The van der Waals surface area contributed by atoms with Crippen molar-refractivity contribution in [3.05, 3.63) is 57.8 Å². The van der Waals surface area contributed by atoms with E-state index in [-0.39, 0.29) is 17.8 Å². The predicted molar refractivity (Wildman–Crippen MR) is 79.6 cm³/mol. The maximum atomic E-state index is 14.3. The summed E-state index contributed by atoms with van der Waals surface area (Å²) in [6.07, 6.45) is 1.78. The molecule has 2 aromatic rings. The number of hydrogen-bond donors (Lipinski definition) is 1. The number of aromatic nitrogens is 2. The van der Waals surface area contributed by atoms with Gasteiger partial charge in [-0.2, -0.15) is 0 Å². The molecule has 0 bridgehead atoms. The van der Waals surface area contributed by atoms with E-state index in [4.69, 9.17) is 0 Å². The Morgan fingerprint density at radius 3 is 2.81 bits per heavy atom. The van der Waals surface area contributed by atoms with Crippen LogP contribution in [0.15, 0.2) is 35.1 Å². The summed E-state index contributed by atoms with van der Waals surface area (Å²) in [5, 5.41) is 9.41. The van der Waals surface area contributed by atoms with Crippen LogP contribution >= 0.6 is 15.9 Å². The highest BCUT2D eigenvalue weighted by Gasteiger charge is 2.26. The summed E-state index contributed by atoms with van der Waals surface area (Å²) in [5.41, 5.74) is 0.975. The van der Waals surface area contributed by atoms with Crippen LogP contribution in [-0.2, 0) is 17.6 Å². The lowest BCUT2D eigenvalue weighted by atomic mass is 9.95. The van der Waals surface area contributed by atoms with Crippen molar-refractivity contribution in [1.29, 1.82) is 0 Å². The highest BCUT2D eigenvalue weighted by molar-refractivity contribution is 9.10. The van der Waals surface area contributed by atoms with Crippen molar-refractivity contribution in [2.24, 2.45) is 0 Å². The average Bonchev–Trinajstić information content (AvgIpc) is 2.45. The number of carboxylic acids is 1. The fraction of sp³-hybridized carbons (Fsp3) is 0.267. The lowest BCUT2D eigenvalue weighted by Gasteiger charge is -2.14. The Bertz CT molecular complexity index is 664. The van der Waals surface area contributed by atoms with Crippen LogP contribution in [-0.4, -0.2) is 21.0 Å². The fourth-order valence-corrected chi connectivity index (χ4v) is 2.56. The quantitative estimate of drug-likeness (QED) is 0.896. The van der Waals surface area contributed by atoms with Crippen molar-refractivity contribution < 1.29 is 14.3 Å². The molecule has 4 nitrogen and oxygen atoms in total. The van der Waals surface area contributed by atoms with Crippen LogP contribution in [0.1, 0.15) is 29.8 Å². The van der Waals surface area contributed by atoms with Crippen LogP contribution in [0, 0.1) is 5.82 Å². The zero-order valence-corrected chi connectivity index (χ0v) is 13.0. The molecule has 0 aliphatic rings. The lowest BCUT2D eigenvalue weighted by Crippen LogP contribution is -2.19. The highest BCUT2D eigenvalue weighted by atomic mass is 79.9. The van der Waals surface area contributed by atoms with Crippen molar-refractivity contribution in [3.63, 3.8) is 0 Å². The standard InChI is InChI=1S/C15H14BrFN2O2/c1-2-12-13(17)14(19-8-18-12)11(15(20)21)7-9-4-3-5-10(16)6-9/h3-6,8,11H,2,7H2,1H3,(H,20,21). The van der Waals surface area contributed by atoms with E-state index in [0.29, 0.717) is 6.42 Å². The van der Waals surface area contributed by atoms with Crippen molar-refractivity contribution in [2.45, 2.75) is 25.7 Å². The van der Waals surface area contributed by atoms with Crippen LogP contribution in [0.5, 0.6) is 0 Å². The molecule has 1 N–H and O–H groups in total.